The highest BCUT2D eigenvalue weighted by Gasteiger charge is 2.32. The zero-order valence-electron chi connectivity index (χ0n) is 13.0. The SMILES string of the molecule is OC(CN(Cc1cnc(C2CC2)s1)C1CC1)c1ccc(F)cc1. The number of benzene rings is 1. The molecule has 2 aromatic rings. The molecule has 0 spiro atoms. The van der Waals surface area contributed by atoms with Crippen LogP contribution >= 0.6 is 11.3 Å². The predicted molar refractivity (Wildman–Crippen MR) is 88.9 cm³/mol. The summed E-state index contributed by atoms with van der Waals surface area (Å²) in [5.41, 5.74) is 0.778. The number of halogens is 1. The zero-order chi connectivity index (χ0) is 15.8. The van der Waals surface area contributed by atoms with E-state index in [4.69, 9.17) is 0 Å². The van der Waals surface area contributed by atoms with Crippen molar-refractivity contribution in [3.05, 3.63) is 51.7 Å². The Hall–Kier alpha value is -1.30. The summed E-state index contributed by atoms with van der Waals surface area (Å²) < 4.78 is 13.0. The molecule has 23 heavy (non-hydrogen) atoms. The van der Waals surface area contributed by atoms with Gasteiger partial charge >= 0.3 is 0 Å². The van der Waals surface area contributed by atoms with Crippen molar-refractivity contribution in [3.63, 3.8) is 0 Å². The van der Waals surface area contributed by atoms with Gasteiger partial charge < -0.3 is 5.11 Å². The van der Waals surface area contributed by atoms with Gasteiger partial charge in [0.1, 0.15) is 5.82 Å². The van der Waals surface area contributed by atoms with Gasteiger partial charge in [-0.15, -0.1) is 11.3 Å². The first kappa shape index (κ1) is 15.2. The lowest BCUT2D eigenvalue weighted by Crippen LogP contribution is -2.30. The lowest BCUT2D eigenvalue weighted by Gasteiger charge is -2.24. The number of aromatic nitrogens is 1. The molecule has 1 aromatic heterocycles. The van der Waals surface area contributed by atoms with E-state index in [-0.39, 0.29) is 5.82 Å². The van der Waals surface area contributed by atoms with Crippen LogP contribution in [0.1, 0.15) is 53.2 Å². The molecule has 1 unspecified atom stereocenters. The van der Waals surface area contributed by atoms with Crippen molar-refractivity contribution in [2.24, 2.45) is 0 Å². The fourth-order valence-corrected chi connectivity index (χ4v) is 4.02. The van der Waals surface area contributed by atoms with Gasteiger partial charge in [0.2, 0.25) is 0 Å². The number of aliphatic hydroxyl groups is 1. The van der Waals surface area contributed by atoms with Crippen molar-refractivity contribution < 1.29 is 9.50 Å². The molecule has 4 rings (SSSR count). The molecule has 122 valence electrons. The standard InChI is InChI=1S/C18H21FN2OS/c19-14-5-3-12(4-6-14)17(22)11-21(15-7-8-15)10-16-9-20-18(23-16)13-1-2-13/h3-6,9,13,15,17,22H,1-2,7-8,10-11H2. The summed E-state index contributed by atoms with van der Waals surface area (Å²) in [6.45, 7) is 1.44. The first-order chi connectivity index (χ1) is 11.2. The van der Waals surface area contributed by atoms with Crippen molar-refractivity contribution in [2.75, 3.05) is 6.54 Å². The van der Waals surface area contributed by atoms with Crippen LogP contribution < -0.4 is 0 Å². The molecule has 1 heterocycles. The number of hydrogen-bond donors (Lipinski definition) is 1. The summed E-state index contributed by atoms with van der Waals surface area (Å²) in [4.78, 5) is 8.17. The van der Waals surface area contributed by atoms with Crippen molar-refractivity contribution in [1.29, 1.82) is 0 Å². The molecule has 2 aliphatic carbocycles. The van der Waals surface area contributed by atoms with Gasteiger partial charge in [0.05, 0.1) is 11.1 Å². The third-order valence-electron chi connectivity index (χ3n) is 4.58. The summed E-state index contributed by atoms with van der Waals surface area (Å²) in [6, 6.07) is 6.72. The molecule has 0 amide bonds. The maximum absolute atomic E-state index is 13.0. The first-order valence-corrected chi connectivity index (χ1v) is 9.13. The molecular formula is C18H21FN2OS. The molecule has 1 atom stereocenters. The third kappa shape index (κ3) is 3.79. The van der Waals surface area contributed by atoms with E-state index in [2.05, 4.69) is 9.88 Å². The second-order valence-corrected chi connectivity index (χ2v) is 7.81. The highest BCUT2D eigenvalue weighted by Crippen LogP contribution is 2.42. The lowest BCUT2D eigenvalue weighted by atomic mass is 10.1. The zero-order valence-corrected chi connectivity index (χ0v) is 13.8. The predicted octanol–water partition coefficient (Wildman–Crippen LogP) is 3.86. The van der Waals surface area contributed by atoms with E-state index in [0.717, 1.165) is 12.1 Å². The monoisotopic (exact) mass is 332 g/mol. The summed E-state index contributed by atoms with van der Waals surface area (Å²) in [7, 11) is 0. The Morgan fingerprint density at radius 2 is 1.96 bits per heavy atom. The Labute approximate surface area is 139 Å². The molecule has 1 N–H and O–H groups in total. The molecule has 3 nitrogen and oxygen atoms in total. The lowest BCUT2D eigenvalue weighted by molar-refractivity contribution is 0.105. The molecule has 1 aromatic carbocycles. The van der Waals surface area contributed by atoms with Crippen LogP contribution in [-0.4, -0.2) is 27.6 Å². The average molecular weight is 332 g/mol. The van der Waals surface area contributed by atoms with Crippen LogP contribution in [0.5, 0.6) is 0 Å². The Morgan fingerprint density at radius 1 is 1.22 bits per heavy atom. The van der Waals surface area contributed by atoms with Crippen molar-refractivity contribution >= 4 is 11.3 Å². The average Bonchev–Trinajstić information content (AvgIpc) is 3.46. The van der Waals surface area contributed by atoms with E-state index in [0.29, 0.717) is 18.5 Å². The Bertz CT molecular complexity index is 664. The van der Waals surface area contributed by atoms with Gasteiger partial charge in [-0.2, -0.15) is 0 Å². The molecule has 0 bridgehead atoms. The normalized spacial score (nSPS) is 19.3. The molecule has 0 saturated heterocycles. The maximum Gasteiger partial charge on any atom is 0.123 e. The molecule has 0 radical (unpaired) electrons. The van der Waals surface area contributed by atoms with Gasteiger partial charge in [-0.1, -0.05) is 12.1 Å². The van der Waals surface area contributed by atoms with E-state index in [1.165, 1.54) is 47.7 Å². The highest BCUT2D eigenvalue weighted by molar-refractivity contribution is 7.11. The van der Waals surface area contributed by atoms with Crippen LogP contribution in [0.3, 0.4) is 0 Å². The van der Waals surface area contributed by atoms with E-state index in [1.54, 1.807) is 12.1 Å². The fraction of sp³-hybridized carbons (Fsp3) is 0.500. The Morgan fingerprint density at radius 3 is 2.61 bits per heavy atom. The van der Waals surface area contributed by atoms with Crippen molar-refractivity contribution in [3.8, 4) is 0 Å². The molecule has 2 fully saturated rings. The van der Waals surface area contributed by atoms with Gasteiger partial charge in [0, 0.05) is 36.1 Å². The summed E-state index contributed by atoms with van der Waals surface area (Å²) >= 11 is 1.82. The maximum atomic E-state index is 13.0. The summed E-state index contributed by atoms with van der Waals surface area (Å²) in [5.74, 6) is 0.435. The molecule has 0 aliphatic heterocycles. The minimum Gasteiger partial charge on any atom is -0.387 e. The minimum atomic E-state index is -0.577. The topological polar surface area (TPSA) is 36.4 Å². The number of aliphatic hydroxyl groups excluding tert-OH is 1. The largest absolute Gasteiger partial charge is 0.387 e. The second kappa shape index (κ2) is 6.30. The Kier molecular flexibility index (Phi) is 4.18. The number of thiazole rings is 1. The molecule has 5 heteroatoms. The Balaban J connectivity index is 1.41. The molecule has 2 saturated carbocycles. The van der Waals surface area contributed by atoms with Gasteiger partial charge in [0.25, 0.3) is 0 Å². The van der Waals surface area contributed by atoms with E-state index >= 15 is 0 Å². The molecule has 2 aliphatic rings. The molecular weight excluding hydrogens is 311 g/mol. The summed E-state index contributed by atoms with van der Waals surface area (Å²) in [6.07, 6.45) is 6.38. The van der Waals surface area contributed by atoms with Crippen LogP contribution in [0.2, 0.25) is 0 Å². The van der Waals surface area contributed by atoms with Gasteiger partial charge in [-0.25, -0.2) is 9.37 Å². The van der Waals surface area contributed by atoms with Gasteiger partial charge in [0.15, 0.2) is 0 Å². The van der Waals surface area contributed by atoms with Crippen LogP contribution in [-0.2, 0) is 6.54 Å². The van der Waals surface area contributed by atoms with Gasteiger partial charge in [-0.3, -0.25) is 4.90 Å². The first-order valence-electron chi connectivity index (χ1n) is 8.31. The summed E-state index contributed by atoms with van der Waals surface area (Å²) in [5, 5.41) is 11.7. The number of nitrogens with zero attached hydrogens (tertiary/aromatic N) is 2. The van der Waals surface area contributed by atoms with E-state index in [9.17, 15) is 9.50 Å². The van der Waals surface area contributed by atoms with Crippen LogP contribution in [0.25, 0.3) is 0 Å². The van der Waals surface area contributed by atoms with Crippen molar-refractivity contribution in [1.82, 2.24) is 9.88 Å². The minimum absolute atomic E-state index is 0.266. The number of rotatable bonds is 7. The second-order valence-electron chi connectivity index (χ2n) is 6.67. The van der Waals surface area contributed by atoms with Crippen LogP contribution in [0.4, 0.5) is 4.39 Å². The highest BCUT2D eigenvalue weighted by atomic mass is 32.1. The quantitative estimate of drug-likeness (QED) is 0.836. The van der Waals surface area contributed by atoms with E-state index in [1.807, 2.05) is 17.5 Å². The third-order valence-corrected chi connectivity index (χ3v) is 5.73. The fourth-order valence-electron chi connectivity index (χ4n) is 2.91. The smallest absolute Gasteiger partial charge is 0.123 e. The van der Waals surface area contributed by atoms with Crippen LogP contribution in [0, 0.1) is 5.82 Å². The van der Waals surface area contributed by atoms with Crippen LogP contribution in [0.15, 0.2) is 30.5 Å². The van der Waals surface area contributed by atoms with Gasteiger partial charge in [-0.05, 0) is 43.4 Å². The van der Waals surface area contributed by atoms with E-state index < -0.39 is 6.10 Å². The van der Waals surface area contributed by atoms with Crippen molar-refractivity contribution in [2.45, 2.75) is 50.3 Å². The number of hydrogen-bond acceptors (Lipinski definition) is 4.